The number of phenolic OH excluding ortho intramolecular Hbond substituents is 1. The Balaban J connectivity index is 2.42. The molecule has 1 saturated heterocycles. The average molecular weight is 305 g/mol. The van der Waals surface area contributed by atoms with Gasteiger partial charge in [-0.05, 0) is 65.3 Å². The highest BCUT2D eigenvalue weighted by Gasteiger charge is 2.52. The molecule has 1 aliphatic heterocycles. The van der Waals surface area contributed by atoms with E-state index in [4.69, 9.17) is 9.31 Å². The summed E-state index contributed by atoms with van der Waals surface area (Å²) in [6.45, 7) is 11.0. The second-order valence-corrected chi connectivity index (χ2v) is 7.36. The molecule has 1 aliphatic rings. The summed E-state index contributed by atoms with van der Waals surface area (Å²) < 4.78 is 12.3. The highest BCUT2D eigenvalue weighted by molar-refractivity contribution is 6.62. The molecule has 0 bridgehead atoms. The fourth-order valence-electron chi connectivity index (χ4n) is 2.66. The molecule has 0 aromatic heterocycles. The second kappa shape index (κ2) is 5.87. The van der Waals surface area contributed by atoms with Crippen molar-refractivity contribution in [1.29, 1.82) is 0 Å². The Morgan fingerprint density at radius 2 is 1.59 bits per heavy atom. The lowest BCUT2D eigenvalue weighted by Crippen LogP contribution is -2.41. The Kier molecular flexibility index (Phi) is 4.62. The minimum absolute atomic E-state index is 0.339. The SMILES string of the molecule is CCc1cc(O)c(CN(C)C)cc1B1OC(C)(C)C(C)(C)O1. The van der Waals surface area contributed by atoms with E-state index in [-0.39, 0.29) is 18.3 Å². The molecular weight excluding hydrogens is 277 g/mol. The van der Waals surface area contributed by atoms with Gasteiger partial charge in [-0.2, -0.15) is 0 Å². The fraction of sp³-hybridized carbons (Fsp3) is 0.647. The third-order valence-electron chi connectivity index (χ3n) is 4.72. The molecule has 0 unspecified atom stereocenters. The molecule has 1 heterocycles. The molecule has 1 fully saturated rings. The molecule has 5 heteroatoms. The number of nitrogens with zero attached hydrogens (tertiary/aromatic N) is 1. The third-order valence-corrected chi connectivity index (χ3v) is 4.72. The van der Waals surface area contributed by atoms with E-state index in [1.807, 2.05) is 31.1 Å². The quantitative estimate of drug-likeness (QED) is 0.867. The molecule has 0 amide bonds. The van der Waals surface area contributed by atoms with Crippen LogP contribution in [-0.2, 0) is 22.3 Å². The van der Waals surface area contributed by atoms with Crippen LogP contribution in [-0.4, -0.2) is 42.4 Å². The maximum absolute atomic E-state index is 10.2. The summed E-state index contributed by atoms with van der Waals surface area (Å²) in [5, 5.41) is 10.2. The van der Waals surface area contributed by atoms with Gasteiger partial charge in [-0.1, -0.05) is 13.0 Å². The molecule has 0 radical (unpaired) electrons. The van der Waals surface area contributed by atoms with Crippen LogP contribution in [0.3, 0.4) is 0 Å². The van der Waals surface area contributed by atoms with Crippen LogP contribution in [0.2, 0.25) is 0 Å². The molecule has 0 saturated carbocycles. The van der Waals surface area contributed by atoms with Crippen LogP contribution < -0.4 is 5.46 Å². The van der Waals surface area contributed by atoms with Gasteiger partial charge < -0.3 is 19.3 Å². The van der Waals surface area contributed by atoms with Gasteiger partial charge in [-0.25, -0.2) is 0 Å². The van der Waals surface area contributed by atoms with Crippen molar-refractivity contribution in [2.75, 3.05) is 14.1 Å². The van der Waals surface area contributed by atoms with Crippen molar-refractivity contribution in [3.8, 4) is 5.75 Å². The van der Waals surface area contributed by atoms with Gasteiger partial charge in [0.1, 0.15) is 5.75 Å². The van der Waals surface area contributed by atoms with Crippen LogP contribution >= 0.6 is 0 Å². The lowest BCUT2D eigenvalue weighted by atomic mass is 9.74. The number of aryl methyl sites for hydroxylation is 1. The van der Waals surface area contributed by atoms with Crippen LogP contribution in [0.25, 0.3) is 0 Å². The second-order valence-electron chi connectivity index (χ2n) is 7.36. The molecule has 4 nitrogen and oxygen atoms in total. The van der Waals surface area contributed by atoms with Crippen LogP contribution in [0.1, 0.15) is 45.7 Å². The van der Waals surface area contributed by atoms with E-state index in [1.54, 1.807) is 0 Å². The molecule has 0 atom stereocenters. The van der Waals surface area contributed by atoms with E-state index in [0.717, 1.165) is 23.0 Å². The van der Waals surface area contributed by atoms with Crippen molar-refractivity contribution in [1.82, 2.24) is 4.90 Å². The Morgan fingerprint density at radius 3 is 2.05 bits per heavy atom. The summed E-state index contributed by atoms with van der Waals surface area (Å²) in [5.41, 5.74) is 2.27. The molecule has 1 N–H and O–H groups in total. The lowest BCUT2D eigenvalue weighted by molar-refractivity contribution is 0.00578. The van der Waals surface area contributed by atoms with Crippen LogP contribution in [0.5, 0.6) is 5.75 Å². The van der Waals surface area contributed by atoms with Crippen LogP contribution in [0, 0.1) is 0 Å². The zero-order valence-electron chi connectivity index (χ0n) is 14.9. The van der Waals surface area contributed by atoms with E-state index in [1.165, 1.54) is 0 Å². The smallest absolute Gasteiger partial charge is 0.495 e. The van der Waals surface area contributed by atoms with Crippen molar-refractivity contribution in [2.45, 2.75) is 58.8 Å². The Labute approximate surface area is 134 Å². The summed E-state index contributed by atoms with van der Waals surface area (Å²) >= 11 is 0. The average Bonchev–Trinajstić information content (AvgIpc) is 2.59. The highest BCUT2D eigenvalue weighted by Crippen LogP contribution is 2.37. The van der Waals surface area contributed by atoms with Crippen molar-refractivity contribution in [3.63, 3.8) is 0 Å². The predicted molar refractivity (Wildman–Crippen MR) is 90.6 cm³/mol. The van der Waals surface area contributed by atoms with E-state index < -0.39 is 0 Å². The standard InChI is InChI=1S/C17H28BNO3/c1-8-12-10-15(20)13(11-19(6)7)9-14(12)18-21-16(2,3)17(4,5)22-18/h9-10,20H,8,11H2,1-7H3. The lowest BCUT2D eigenvalue weighted by Gasteiger charge is -2.32. The summed E-state index contributed by atoms with van der Waals surface area (Å²) in [5.74, 6) is 0.339. The molecule has 22 heavy (non-hydrogen) atoms. The molecule has 1 aromatic rings. The van der Waals surface area contributed by atoms with E-state index in [0.29, 0.717) is 12.3 Å². The monoisotopic (exact) mass is 305 g/mol. The Hall–Kier alpha value is -1.04. The van der Waals surface area contributed by atoms with Gasteiger partial charge in [0.25, 0.3) is 0 Å². The highest BCUT2D eigenvalue weighted by atomic mass is 16.7. The Morgan fingerprint density at radius 1 is 1.05 bits per heavy atom. The van der Waals surface area contributed by atoms with Gasteiger partial charge in [0.05, 0.1) is 11.2 Å². The summed E-state index contributed by atoms with van der Waals surface area (Å²) in [7, 11) is 3.59. The summed E-state index contributed by atoms with van der Waals surface area (Å²) in [6.07, 6.45) is 0.829. The first-order valence-corrected chi connectivity index (χ1v) is 7.92. The summed E-state index contributed by atoms with van der Waals surface area (Å²) in [4.78, 5) is 2.04. The maximum Gasteiger partial charge on any atom is 0.495 e. The fourth-order valence-corrected chi connectivity index (χ4v) is 2.66. The minimum atomic E-state index is -0.388. The van der Waals surface area contributed by atoms with Gasteiger partial charge in [0, 0.05) is 12.1 Å². The van der Waals surface area contributed by atoms with E-state index in [9.17, 15) is 5.11 Å². The van der Waals surface area contributed by atoms with Crippen molar-refractivity contribution in [2.24, 2.45) is 0 Å². The zero-order valence-corrected chi connectivity index (χ0v) is 14.9. The van der Waals surface area contributed by atoms with Crippen LogP contribution in [0.4, 0.5) is 0 Å². The van der Waals surface area contributed by atoms with E-state index >= 15 is 0 Å². The molecule has 0 spiro atoms. The van der Waals surface area contributed by atoms with Gasteiger partial charge in [0.2, 0.25) is 0 Å². The van der Waals surface area contributed by atoms with Crippen molar-refractivity contribution >= 4 is 12.6 Å². The van der Waals surface area contributed by atoms with Gasteiger partial charge in [0.15, 0.2) is 0 Å². The normalized spacial score (nSPS) is 19.9. The maximum atomic E-state index is 10.2. The van der Waals surface area contributed by atoms with Gasteiger partial charge in [-0.15, -0.1) is 0 Å². The van der Waals surface area contributed by atoms with Gasteiger partial charge in [-0.3, -0.25) is 0 Å². The molecular formula is C17H28BNO3. The van der Waals surface area contributed by atoms with Crippen molar-refractivity contribution < 1.29 is 14.4 Å². The molecule has 122 valence electrons. The van der Waals surface area contributed by atoms with E-state index in [2.05, 4.69) is 34.6 Å². The van der Waals surface area contributed by atoms with Crippen molar-refractivity contribution in [3.05, 3.63) is 23.3 Å². The molecule has 0 aliphatic carbocycles. The largest absolute Gasteiger partial charge is 0.508 e. The number of phenols is 1. The number of rotatable bonds is 4. The zero-order chi connectivity index (χ0) is 16.7. The van der Waals surface area contributed by atoms with Gasteiger partial charge >= 0.3 is 7.12 Å². The summed E-state index contributed by atoms with van der Waals surface area (Å²) in [6, 6.07) is 3.87. The number of hydrogen-bond donors (Lipinski definition) is 1. The molecule has 2 rings (SSSR count). The predicted octanol–water partition coefficient (Wildman–Crippen LogP) is 2.32. The van der Waals surface area contributed by atoms with Crippen LogP contribution in [0.15, 0.2) is 12.1 Å². The minimum Gasteiger partial charge on any atom is -0.508 e. The third kappa shape index (κ3) is 3.17. The first kappa shape index (κ1) is 17.3. The number of benzene rings is 1. The first-order valence-electron chi connectivity index (χ1n) is 7.92. The number of hydrogen-bond acceptors (Lipinski definition) is 4. The molecule has 1 aromatic carbocycles. The topological polar surface area (TPSA) is 41.9 Å². The first-order chi connectivity index (χ1) is 10.1. The Bertz CT molecular complexity index is 539. The number of aromatic hydroxyl groups is 1.